The molecule has 1 atom stereocenters. The Bertz CT molecular complexity index is 1350. The second-order valence-electron chi connectivity index (χ2n) is 9.61. The number of carbonyl (C=O) groups is 3. The second-order valence-corrected chi connectivity index (χ2v) is 11.6. The third-order valence-corrected chi connectivity index (χ3v) is 9.24. The number of nitrogens with zero attached hydrogens (tertiary/aromatic N) is 2. The molecule has 10 nitrogen and oxygen atoms in total. The lowest BCUT2D eigenvalue weighted by atomic mass is 9.76. The van der Waals surface area contributed by atoms with Crippen LogP contribution in [0.5, 0.6) is 5.75 Å². The van der Waals surface area contributed by atoms with E-state index >= 15 is 0 Å². The van der Waals surface area contributed by atoms with Gasteiger partial charge in [-0.05, 0) is 61.4 Å². The van der Waals surface area contributed by atoms with Crippen molar-refractivity contribution in [3.05, 3.63) is 53.6 Å². The van der Waals surface area contributed by atoms with Gasteiger partial charge in [-0.2, -0.15) is 4.31 Å². The molecule has 2 aromatic rings. The van der Waals surface area contributed by atoms with Gasteiger partial charge in [0.2, 0.25) is 15.9 Å². The summed E-state index contributed by atoms with van der Waals surface area (Å²) in [6.07, 6.45) is 4.60. The zero-order valence-corrected chi connectivity index (χ0v) is 21.5. The number of amides is 4. The summed E-state index contributed by atoms with van der Waals surface area (Å²) in [5.74, 6) is -0.843. The van der Waals surface area contributed by atoms with Gasteiger partial charge < -0.3 is 15.4 Å². The summed E-state index contributed by atoms with van der Waals surface area (Å²) in [5.41, 5.74) is 0.743. The molecule has 2 saturated heterocycles. The van der Waals surface area contributed by atoms with Crippen LogP contribution in [0.15, 0.2) is 47.4 Å². The number of hydrogen-bond acceptors (Lipinski definition) is 6. The van der Waals surface area contributed by atoms with Gasteiger partial charge in [-0.15, -0.1) is 0 Å². The van der Waals surface area contributed by atoms with Crippen LogP contribution in [0.25, 0.3) is 0 Å². The van der Waals surface area contributed by atoms with Gasteiger partial charge in [-0.1, -0.05) is 30.7 Å². The molecule has 0 aromatic heterocycles. The average Bonchev–Trinajstić information content (AvgIpc) is 3.13. The fourth-order valence-corrected chi connectivity index (χ4v) is 7.03. The predicted octanol–water partition coefficient (Wildman–Crippen LogP) is 2.59. The van der Waals surface area contributed by atoms with Crippen molar-refractivity contribution < 1.29 is 27.5 Å². The third kappa shape index (κ3) is 4.46. The number of piperidine rings is 1. The molecule has 4 amide bonds. The van der Waals surface area contributed by atoms with Crippen LogP contribution in [0.1, 0.15) is 43.2 Å². The van der Waals surface area contributed by atoms with Crippen LogP contribution in [0, 0.1) is 0 Å². The van der Waals surface area contributed by atoms with Crippen molar-refractivity contribution in [1.82, 2.24) is 14.5 Å². The number of methoxy groups -OCH3 is 1. The number of rotatable bonds is 6. The molecular formula is C26H30N4O6S. The lowest BCUT2D eigenvalue weighted by molar-refractivity contribution is -0.134. The molecule has 1 spiro atoms. The van der Waals surface area contributed by atoms with Crippen molar-refractivity contribution >= 4 is 33.6 Å². The molecule has 2 aromatic carbocycles. The molecule has 0 unspecified atom stereocenters. The van der Waals surface area contributed by atoms with E-state index in [0.717, 1.165) is 48.1 Å². The Kier molecular flexibility index (Phi) is 6.67. The number of anilines is 1. The van der Waals surface area contributed by atoms with E-state index in [2.05, 4.69) is 10.6 Å². The molecule has 11 heteroatoms. The number of urea groups is 1. The Balaban J connectivity index is 1.35. The fraction of sp³-hybridized carbons (Fsp3) is 0.423. The Morgan fingerprint density at radius 3 is 2.59 bits per heavy atom. The largest absolute Gasteiger partial charge is 0.495 e. The van der Waals surface area contributed by atoms with Crippen LogP contribution < -0.4 is 15.4 Å². The number of carbonyl (C=O) groups excluding carboxylic acids is 3. The summed E-state index contributed by atoms with van der Waals surface area (Å²) in [6, 6.07) is 11.2. The van der Waals surface area contributed by atoms with Crippen LogP contribution >= 0.6 is 0 Å². The Hall–Kier alpha value is -3.44. The van der Waals surface area contributed by atoms with Crippen molar-refractivity contribution in [2.75, 3.05) is 32.1 Å². The zero-order valence-electron chi connectivity index (χ0n) is 20.7. The van der Waals surface area contributed by atoms with Crippen molar-refractivity contribution in [3.8, 4) is 5.75 Å². The highest BCUT2D eigenvalue weighted by atomic mass is 32.2. The number of ether oxygens (including phenoxy) is 1. The number of fused-ring (bicyclic) bond motifs is 2. The number of sulfonamides is 1. The maximum Gasteiger partial charge on any atom is 0.325 e. The van der Waals surface area contributed by atoms with Crippen molar-refractivity contribution in [3.63, 3.8) is 0 Å². The third-order valence-electron chi connectivity index (χ3n) is 7.35. The first-order valence-electron chi connectivity index (χ1n) is 12.5. The summed E-state index contributed by atoms with van der Waals surface area (Å²) < 4.78 is 33.0. The van der Waals surface area contributed by atoms with Crippen molar-refractivity contribution in [2.24, 2.45) is 0 Å². The summed E-state index contributed by atoms with van der Waals surface area (Å²) in [6.45, 7) is 0.390. The predicted molar refractivity (Wildman–Crippen MR) is 136 cm³/mol. The molecule has 3 aliphatic rings. The van der Waals surface area contributed by atoms with Crippen molar-refractivity contribution in [2.45, 2.75) is 49.0 Å². The summed E-state index contributed by atoms with van der Waals surface area (Å²) >= 11 is 0. The minimum atomic E-state index is -3.73. The Morgan fingerprint density at radius 2 is 1.84 bits per heavy atom. The van der Waals surface area contributed by atoms with E-state index in [-0.39, 0.29) is 16.3 Å². The first kappa shape index (κ1) is 25.2. The van der Waals surface area contributed by atoms with Gasteiger partial charge in [0, 0.05) is 13.1 Å². The maximum atomic E-state index is 13.5. The van der Waals surface area contributed by atoms with E-state index < -0.39 is 40.0 Å². The van der Waals surface area contributed by atoms with E-state index in [4.69, 9.17) is 4.74 Å². The van der Waals surface area contributed by atoms with Gasteiger partial charge in [0.15, 0.2) is 0 Å². The van der Waals surface area contributed by atoms with E-state index in [1.807, 2.05) is 24.3 Å². The van der Waals surface area contributed by atoms with Gasteiger partial charge in [-0.3, -0.25) is 14.5 Å². The summed E-state index contributed by atoms with van der Waals surface area (Å²) in [7, 11) is -2.33. The summed E-state index contributed by atoms with van der Waals surface area (Å²) in [4.78, 5) is 40.3. The first-order chi connectivity index (χ1) is 17.8. The van der Waals surface area contributed by atoms with E-state index in [1.54, 1.807) is 0 Å². The van der Waals surface area contributed by atoms with E-state index in [9.17, 15) is 22.8 Å². The standard InChI is InChI=1S/C26H30N4O6S/c1-36-22-12-11-19(37(34,35)29-14-5-2-6-15-29)16-21(22)27-23(31)17-30-24(32)26(28-25(30)33)13-7-9-18-8-3-4-10-20(18)26/h3-4,8,10-12,16H,2,5-7,9,13-15,17H2,1H3,(H,27,31)(H,28,33)/t26-/m1/s1. The number of imide groups is 1. The lowest BCUT2D eigenvalue weighted by Gasteiger charge is -2.33. The van der Waals surface area contributed by atoms with Gasteiger partial charge in [0.1, 0.15) is 17.8 Å². The van der Waals surface area contributed by atoms with Gasteiger partial charge in [0.25, 0.3) is 5.91 Å². The van der Waals surface area contributed by atoms with E-state index in [1.165, 1.54) is 29.6 Å². The van der Waals surface area contributed by atoms with Crippen LogP contribution in [-0.2, 0) is 31.6 Å². The minimum absolute atomic E-state index is 0.0401. The molecule has 2 aliphatic heterocycles. The topological polar surface area (TPSA) is 125 Å². The molecule has 0 saturated carbocycles. The maximum absolute atomic E-state index is 13.5. The molecule has 0 bridgehead atoms. The van der Waals surface area contributed by atoms with Gasteiger partial charge >= 0.3 is 6.03 Å². The highest BCUT2D eigenvalue weighted by molar-refractivity contribution is 7.89. The lowest BCUT2D eigenvalue weighted by Crippen LogP contribution is -2.47. The van der Waals surface area contributed by atoms with Crippen LogP contribution in [0.3, 0.4) is 0 Å². The molecule has 37 heavy (non-hydrogen) atoms. The number of nitrogens with one attached hydrogen (secondary N) is 2. The number of benzene rings is 2. The normalized spacial score (nSPS) is 22.0. The highest BCUT2D eigenvalue weighted by Crippen LogP contribution is 2.40. The zero-order chi connectivity index (χ0) is 26.2. The SMILES string of the molecule is COc1ccc(S(=O)(=O)N2CCCCC2)cc1NC(=O)CN1C(=O)N[C@@]2(CCCc3ccccc32)C1=O. The Labute approximate surface area is 216 Å². The van der Waals surface area contributed by atoms with Crippen LogP contribution in [-0.4, -0.2) is 62.2 Å². The van der Waals surface area contributed by atoms with Crippen LogP contribution in [0.4, 0.5) is 10.5 Å². The molecule has 5 rings (SSSR count). The molecule has 0 radical (unpaired) electrons. The Morgan fingerprint density at radius 1 is 1.08 bits per heavy atom. The molecule has 2 fully saturated rings. The smallest absolute Gasteiger partial charge is 0.325 e. The van der Waals surface area contributed by atoms with Crippen LogP contribution in [0.2, 0.25) is 0 Å². The highest BCUT2D eigenvalue weighted by Gasteiger charge is 2.54. The van der Waals surface area contributed by atoms with Gasteiger partial charge in [0.05, 0.1) is 17.7 Å². The molecule has 1 aliphatic carbocycles. The van der Waals surface area contributed by atoms with E-state index in [0.29, 0.717) is 19.5 Å². The first-order valence-corrected chi connectivity index (χ1v) is 13.9. The minimum Gasteiger partial charge on any atom is -0.495 e. The van der Waals surface area contributed by atoms with Crippen molar-refractivity contribution in [1.29, 1.82) is 0 Å². The molecule has 2 N–H and O–H groups in total. The summed E-state index contributed by atoms with van der Waals surface area (Å²) in [5, 5.41) is 5.46. The van der Waals surface area contributed by atoms with Gasteiger partial charge in [-0.25, -0.2) is 13.2 Å². The molecular weight excluding hydrogens is 496 g/mol. The second kappa shape index (κ2) is 9.79. The molecule has 196 valence electrons. The quantitative estimate of drug-likeness (QED) is 0.558. The average molecular weight is 527 g/mol. The number of aryl methyl sites for hydroxylation is 1. The fourth-order valence-electron chi connectivity index (χ4n) is 5.49. The monoisotopic (exact) mass is 526 g/mol. The number of hydrogen-bond donors (Lipinski definition) is 2. The molecule has 2 heterocycles.